The van der Waals surface area contributed by atoms with Crippen LogP contribution >= 0.6 is 24.8 Å². The van der Waals surface area contributed by atoms with E-state index in [9.17, 15) is 0 Å². The van der Waals surface area contributed by atoms with Gasteiger partial charge in [-0.2, -0.15) is 5.26 Å². The van der Waals surface area contributed by atoms with Crippen LogP contribution in [0.5, 0.6) is 0 Å². The Hall–Kier alpha value is -0.820. The summed E-state index contributed by atoms with van der Waals surface area (Å²) in [5.41, 5.74) is 2.82. The van der Waals surface area contributed by atoms with E-state index in [-0.39, 0.29) is 24.8 Å². The lowest BCUT2D eigenvalue weighted by Gasteiger charge is -2.15. The van der Waals surface area contributed by atoms with Crippen molar-refractivity contribution >= 4 is 24.8 Å². The number of halogens is 2. The van der Waals surface area contributed by atoms with Gasteiger partial charge in [-0.05, 0) is 11.6 Å². The number of nitrogens with one attached hydrogen (secondary N) is 1. The van der Waals surface area contributed by atoms with Crippen LogP contribution in [0.2, 0.25) is 0 Å². The molecule has 14 heavy (non-hydrogen) atoms. The van der Waals surface area contributed by atoms with Crippen LogP contribution in [-0.2, 0) is 13.0 Å². The van der Waals surface area contributed by atoms with Crippen LogP contribution in [0.25, 0.3) is 0 Å². The molecule has 1 aromatic rings. The zero-order valence-electron chi connectivity index (χ0n) is 7.49. The van der Waals surface area contributed by atoms with Gasteiger partial charge in [0.2, 0.25) is 0 Å². The molecule has 5 heteroatoms. The van der Waals surface area contributed by atoms with E-state index in [1.165, 1.54) is 5.56 Å². The Kier molecular flexibility index (Phi) is 5.47. The predicted molar refractivity (Wildman–Crippen MR) is 58.9 cm³/mol. The first kappa shape index (κ1) is 13.2. The molecule has 0 aliphatic carbocycles. The number of nitriles is 1. The van der Waals surface area contributed by atoms with Gasteiger partial charge in [-0.15, -0.1) is 24.8 Å². The molecular weight excluding hydrogens is 221 g/mol. The van der Waals surface area contributed by atoms with Gasteiger partial charge in [0.15, 0.2) is 0 Å². The molecule has 0 aromatic carbocycles. The van der Waals surface area contributed by atoms with Crippen molar-refractivity contribution in [1.29, 1.82) is 5.26 Å². The lowest BCUT2D eigenvalue weighted by molar-refractivity contribution is 0.629. The molecule has 76 valence electrons. The first-order valence-electron chi connectivity index (χ1n) is 4.00. The second kappa shape index (κ2) is 5.82. The third kappa shape index (κ3) is 2.58. The largest absolute Gasteiger partial charge is 0.312 e. The molecule has 1 aromatic heterocycles. The van der Waals surface area contributed by atoms with E-state index < -0.39 is 0 Å². The highest BCUT2D eigenvalue weighted by Gasteiger charge is 2.09. The van der Waals surface area contributed by atoms with Crippen LogP contribution in [0.15, 0.2) is 12.1 Å². The molecule has 0 atom stereocenters. The van der Waals surface area contributed by atoms with Gasteiger partial charge in [0.1, 0.15) is 11.8 Å². The lowest BCUT2D eigenvalue weighted by Crippen LogP contribution is -2.24. The van der Waals surface area contributed by atoms with Crippen molar-refractivity contribution in [3.8, 4) is 6.07 Å². The summed E-state index contributed by atoms with van der Waals surface area (Å²) in [5.74, 6) is 0. The maximum atomic E-state index is 8.61. The van der Waals surface area contributed by atoms with Crippen LogP contribution in [0.3, 0.4) is 0 Å². The fourth-order valence-electron chi connectivity index (χ4n) is 1.40. The topological polar surface area (TPSA) is 48.7 Å². The first-order chi connectivity index (χ1) is 5.90. The number of nitrogens with zero attached hydrogens (tertiary/aromatic N) is 2. The predicted octanol–water partition coefficient (Wildman–Crippen LogP) is 1.44. The number of aromatic nitrogens is 1. The maximum Gasteiger partial charge on any atom is 0.140 e. The summed E-state index contributed by atoms with van der Waals surface area (Å²) in [6.07, 6.45) is 0.935. The van der Waals surface area contributed by atoms with Crippen LogP contribution in [-0.4, -0.2) is 11.5 Å². The minimum absolute atomic E-state index is 0. The van der Waals surface area contributed by atoms with E-state index in [0.717, 1.165) is 25.2 Å². The second-order valence-electron chi connectivity index (χ2n) is 2.84. The Labute approximate surface area is 95.4 Å². The van der Waals surface area contributed by atoms with Gasteiger partial charge in [-0.25, -0.2) is 4.98 Å². The fourth-order valence-corrected chi connectivity index (χ4v) is 1.40. The van der Waals surface area contributed by atoms with E-state index in [0.29, 0.717) is 5.69 Å². The SMILES string of the molecule is Cl.Cl.N#Cc1ccc2c(n1)CCNC2. The average molecular weight is 232 g/mol. The van der Waals surface area contributed by atoms with Crippen LogP contribution in [0, 0.1) is 11.3 Å². The van der Waals surface area contributed by atoms with Crippen LogP contribution in [0.4, 0.5) is 0 Å². The summed E-state index contributed by atoms with van der Waals surface area (Å²) in [6, 6.07) is 5.79. The minimum Gasteiger partial charge on any atom is -0.312 e. The number of rotatable bonds is 0. The standard InChI is InChI=1S/C9H9N3.2ClH/c10-5-8-2-1-7-6-11-4-3-9(7)12-8;;/h1-2,11H,3-4,6H2;2*1H. The molecule has 2 heterocycles. The van der Waals surface area contributed by atoms with Gasteiger partial charge < -0.3 is 5.32 Å². The Morgan fingerprint density at radius 3 is 2.86 bits per heavy atom. The number of fused-ring (bicyclic) bond motifs is 1. The maximum absolute atomic E-state index is 8.61. The lowest BCUT2D eigenvalue weighted by atomic mass is 10.1. The summed E-state index contributed by atoms with van der Waals surface area (Å²) in [7, 11) is 0. The smallest absolute Gasteiger partial charge is 0.140 e. The molecule has 0 radical (unpaired) electrons. The van der Waals surface area contributed by atoms with E-state index in [4.69, 9.17) is 5.26 Å². The molecule has 1 aliphatic rings. The van der Waals surface area contributed by atoms with Crippen molar-refractivity contribution in [1.82, 2.24) is 10.3 Å². The van der Waals surface area contributed by atoms with Crippen molar-refractivity contribution in [2.45, 2.75) is 13.0 Å². The van der Waals surface area contributed by atoms with Crippen LogP contribution in [0.1, 0.15) is 17.0 Å². The highest BCUT2D eigenvalue weighted by molar-refractivity contribution is 5.85. The number of hydrogen-bond acceptors (Lipinski definition) is 3. The summed E-state index contributed by atoms with van der Waals surface area (Å²) < 4.78 is 0. The summed E-state index contributed by atoms with van der Waals surface area (Å²) in [6.45, 7) is 1.85. The van der Waals surface area contributed by atoms with E-state index in [1.807, 2.05) is 12.1 Å². The Bertz CT molecular complexity index is 346. The highest BCUT2D eigenvalue weighted by atomic mass is 35.5. The van der Waals surface area contributed by atoms with Crippen molar-refractivity contribution in [3.05, 3.63) is 29.1 Å². The van der Waals surface area contributed by atoms with Crippen molar-refractivity contribution in [2.75, 3.05) is 6.54 Å². The van der Waals surface area contributed by atoms with Crippen molar-refractivity contribution in [3.63, 3.8) is 0 Å². The monoisotopic (exact) mass is 231 g/mol. The Balaban J connectivity index is 0.000000845. The first-order valence-corrected chi connectivity index (χ1v) is 4.00. The van der Waals surface area contributed by atoms with Crippen LogP contribution < -0.4 is 5.32 Å². The van der Waals surface area contributed by atoms with Crippen molar-refractivity contribution < 1.29 is 0 Å². The molecule has 0 unspecified atom stereocenters. The minimum atomic E-state index is 0. The molecule has 0 bridgehead atoms. The summed E-state index contributed by atoms with van der Waals surface area (Å²) in [4.78, 5) is 4.23. The van der Waals surface area contributed by atoms with Gasteiger partial charge >= 0.3 is 0 Å². The Morgan fingerprint density at radius 1 is 1.36 bits per heavy atom. The number of hydrogen-bond donors (Lipinski definition) is 1. The molecule has 1 aliphatic heterocycles. The van der Waals surface area contributed by atoms with E-state index in [1.54, 1.807) is 6.07 Å². The number of pyridine rings is 1. The molecule has 0 amide bonds. The Morgan fingerprint density at radius 2 is 2.14 bits per heavy atom. The van der Waals surface area contributed by atoms with Gasteiger partial charge in [0, 0.05) is 25.2 Å². The molecule has 3 nitrogen and oxygen atoms in total. The molecule has 0 spiro atoms. The summed E-state index contributed by atoms with van der Waals surface area (Å²) in [5, 5.41) is 11.9. The normalized spacial score (nSPS) is 12.8. The molecule has 1 N–H and O–H groups in total. The quantitative estimate of drug-likeness (QED) is 0.736. The molecular formula is C9H11Cl2N3. The highest BCUT2D eigenvalue weighted by Crippen LogP contribution is 2.11. The average Bonchev–Trinajstić information content (AvgIpc) is 2.17. The van der Waals surface area contributed by atoms with Gasteiger partial charge in [0.25, 0.3) is 0 Å². The molecule has 0 saturated carbocycles. The molecule has 2 rings (SSSR count). The third-order valence-corrected chi connectivity index (χ3v) is 2.04. The molecule has 0 fully saturated rings. The van der Waals surface area contributed by atoms with Gasteiger partial charge in [-0.1, -0.05) is 6.07 Å². The second-order valence-corrected chi connectivity index (χ2v) is 2.84. The molecule has 0 saturated heterocycles. The zero-order chi connectivity index (χ0) is 8.39. The van der Waals surface area contributed by atoms with Gasteiger partial charge in [0.05, 0.1) is 0 Å². The van der Waals surface area contributed by atoms with E-state index in [2.05, 4.69) is 10.3 Å². The van der Waals surface area contributed by atoms with E-state index >= 15 is 0 Å². The van der Waals surface area contributed by atoms with Crippen molar-refractivity contribution in [2.24, 2.45) is 0 Å². The third-order valence-electron chi connectivity index (χ3n) is 2.04. The fraction of sp³-hybridized carbons (Fsp3) is 0.333. The van der Waals surface area contributed by atoms with Gasteiger partial charge in [-0.3, -0.25) is 0 Å². The summed E-state index contributed by atoms with van der Waals surface area (Å²) >= 11 is 0. The zero-order valence-corrected chi connectivity index (χ0v) is 9.12.